The van der Waals surface area contributed by atoms with Gasteiger partial charge in [0.15, 0.2) is 11.6 Å². The molecule has 0 radical (unpaired) electrons. The van der Waals surface area contributed by atoms with Gasteiger partial charge >= 0.3 is 0 Å². The fraction of sp³-hybridized carbons (Fsp3) is 0.583. The first-order chi connectivity index (χ1) is 8.27. The predicted octanol–water partition coefficient (Wildman–Crippen LogP) is 1.33. The molecule has 0 bridgehead atoms. The van der Waals surface area contributed by atoms with Gasteiger partial charge in [-0.05, 0) is 12.5 Å². The van der Waals surface area contributed by atoms with Crippen molar-refractivity contribution in [3.63, 3.8) is 0 Å². The van der Waals surface area contributed by atoms with Gasteiger partial charge in [0.1, 0.15) is 0 Å². The Morgan fingerprint density at radius 3 is 3.18 bits per heavy atom. The molecule has 4 nitrogen and oxygen atoms in total. The minimum Gasteiger partial charge on any atom is -0.392 e. The number of aliphatic hydroxyl groups is 1. The maximum Gasteiger partial charge on any atom is 0.171 e. The van der Waals surface area contributed by atoms with Gasteiger partial charge in [-0.3, -0.25) is 0 Å². The summed E-state index contributed by atoms with van der Waals surface area (Å²) in [6.45, 7) is 3.56. The highest BCUT2D eigenvalue weighted by atomic mass is 19.1. The Morgan fingerprint density at radius 2 is 2.47 bits per heavy atom. The molecule has 1 fully saturated rings. The van der Waals surface area contributed by atoms with Gasteiger partial charge in [0.05, 0.1) is 25.9 Å². The number of aliphatic hydroxyl groups excluding tert-OH is 1. The number of rotatable bonds is 3. The molecule has 2 heterocycles. The molecule has 0 amide bonds. The van der Waals surface area contributed by atoms with Gasteiger partial charge in [-0.1, -0.05) is 6.92 Å². The van der Waals surface area contributed by atoms with Crippen LogP contribution >= 0.6 is 0 Å². The van der Waals surface area contributed by atoms with E-state index < -0.39 is 5.82 Å². The Kier molecular flexibility index (Phi) is 3.91. The number of anilines is 1. The van der Waals surface area contributed by atoms with Crippen LogP contribution in [0.5, 0.6) is 0 Å². The molecule has 1 unspecified atom stereocenters. The predicted molar refractivity (Wildman–Crippen MR) is 62.4 cm³/mol. The van der Waals surface area contributed by atoms with Crippen molar-refractivity contribution in [2.24, 2.45) is 0 Å². The number of hydrogen-bond acceptors (Lipinski definition) is 4. The van der Waals surface area contributed by atoms with Gasteiger partial charge in [0.25, 0.3) is 0 Å². The molecule has 1 aromatic rings. The zero-order valence-corrected chi connectivity index (χ0v) is 9.90. The highest BCUT2D eigenvalue weighted by molar-refractivity contribution is 5.44. The van der Waals surface area contributed by atoms with E-state index >= 15 is 0 Å². The zero-order chi connectivity index (χ0) is 12.3. The Bertz CT molecular complexity index is 387. The second kappa shape index (κ2) is 5.42. The summed E-state index contributed by atoms with van der Waals surface area (Å²) < 4.78 is 19.4. The Labute approximate surface area is 100 Å². The van der Waals surface area contributed by atoms with Crippen LogP contribution < -0.4 is 4.90 Å². The van der Waals surface area contributed by atoms with Gasteiger partial charge in [-0.2, -0.15) is 0 Å². The van der Waals surface area contributed by atoms with E-state index in [9.17, 15) is 4.39 Å². The third-order valence-corrected chi connectivity index (χ3v) is 3.09. The Hall–Kier alpha value is -1.20. The molecule has 1 saturated heterocycles. The molecule has 5 heteroatoms. The third-order valence-electron chi connectivity index (χ3n) is 3.09. The van der Waals surface area contributed by atoms with Crippen LogP contribution in [-0.4, -0.2) is 35.9 Å². The number of nitrogens with zero attached hydrogens (tertiary/aromatic N) is 2. The minimum absolute atomic E-state index is 0.152. The van der Waals surface area contributed by atoms with E-state index in [0.717, 1.165) is 6.42 Å². The molecule has 0 saturated carbocycles. The third kappa shape index (κ3) is 2.40. The lowest BCUT2D eigenvalue weighted by atomic mass is 10.1. The van der Waals surface area contributed by atoms with Crippen LogP contribution in [0.1, 0.15) is 18.9 Å². The fourth-order valence-electron chi connectivity index (χ4n) is 2.07. The largest absolute Gasteiger partial charge is 0.392 e. The lowest BCUT2D eigenvalue weighted by Crippen LogP contribution is -2.46. The number of aromatic nitrogens is 1. The SMILES string of the molecule is CCC1COCCN1c1nccc(CO)c1F. The van der Waals surface area contributed by atoms with E-state index in [0.29, 0.717) is 25.6 Å². The normalized spacial score (nSPS) is 20.6. The molecular formula is C12H17FN2O2. The van der Waals surface area contributed by atoms with Crippen molar-refractivity contribution in [2.45, 2.75) is 26.0 Å². The van der Waals surface area contributed by atoms with Crippen LogP contribution in [0, 0.1) is 5.82 Å². The van der Waals surface area contributed by atoms with Crippen LogP contribution in [0.3, 0.4) is 0 Å². The summed E-state index contributed by atoms with van der Waals surface area (Å²) in [5.41, 5.74) is 0.288. The van der Waals surface area contributed by atoms with Crippen molar-refractivity contribution in [2.75, 3.05) is 24.7 Å². The standard InChI is InChI=1S/C12H17FN2O2/c1-2-10-8-17-6-5-15(10)12-11(13)9(7-16)3-4-14-12/h3-4,10,16H,2,5-8H2,1H3. The van der Waals surface area contributed by atoms with Crippen LogP contribution in [-0.2, 0) is 11.3 Å². The monoisotopic (exact) mass is 240 g/mol. The zero-order valence-electron chi connectivity index (χ0n) is 9.90. The van der Waals surface area contributed by atoms with Crippen molar-refractivity contribution in [3.8, 4) is 0 Å². The highest BCUT2D eigenvalue weighted by Gasteiger charge is 2.25. The summed E-state index contributed by atoms with van der Waals surface area (Å²) in [7, 11) is 0. The topological polar surface area (TPSA) is 45.6 Å². The van der Waals surface area contributed by atoms with E-state index in [4.69, 9.17) is 9.84 Å². The molecule has 1 aliphatic heterocycles. The second-order valence-corrected chi connectivity index (χ2v) is 4.10. The van der Waals surface area contributed by atoms with Crippen LogP contribution in [0.2, 0.25) is 0 Å². The Balaban J connectivity index is 2.31. The van der Waals surface area contributed by atoms with E-state index in [2.05, 4.69) is 4.98 Å². The van der Waals surface area contributed by atoms with E-state index in [1.165, 1.54) is 12.3 Å². The maximum absolute atomic E-state index is 14.1. The van der Waals surface area contributed by atoms with Crippen molar-refractivity contribution in [1.29, 1.82) is 0 Å². The minimum atomic E-state index is -0.421. The summed E-state index contributed by atoms with van der Waals surface area (Å²) in [4.78, 5) is 6.02. The van der Waals surface area contributed by atoms with Gasteiger partial charge in [0, 0.05) is 18.3 Å². The summed E-state index contributed by atoms with van der Waals surface area (Å²) in [6.07, 6.45) is 2.41. The van der Waals surface area contributed by atoms with Gasteiger partial charge in [0.2, 0.25) is 0 Å². The lowest BCUT2D eigenvalue weighted by molar-refractivity contribution is 0.0921. The van der Waals surface area contributed by atoms with Crippen LogP contribution in [0.4, 0.5) is 10.2 Å². The molecule has 17 heavy (non-hydrogen) atoms. The van der Waals surface area contributed by atoms with Crippen LogP contribution in [0.15, 0.2) is 12.3 Å². The molecule has 94 valence electrons. The summed E-state index contributed by atoms with van der Waals surface area (Å²) in [6, 6.07) is 1.65. The molecule has 1 N–H and O–H groups in total. The smallest absolute Gasteiger partial charge is 0.171 e. The fourth-order valence-corrected chi connectivity index (χ4v) is 2.07. The average molecular weight is 240 g/mol. The maximum atomic E-state index is 14.1. The van der Waals surface area contributed by atoms with Gasteiger partial charge in [-0.15, -0.1) is 0 Å². The number of hydrogen-bond donors (Lipinski definition) is 1. The van der Waals surface area contributed by atoms with Gasteiger partial charge in [-0.25, -0.2) is 9.37 Å². The summed E-state index contributed by atoms with van der Waals surface area (Å²) in [5, 5.41) is 9.05. The highest BCUT2D eigenvalue weighted by Crippen LogP contribution is 2.24. The van der Waals surface area contributed by atoms with E-state index in [1.807, 2.05) is 11.8 Å². The molecule has 0 spiro atoms. The molecule has 1 atom stereocenters. The average Bonchev–Trinajstić information content (AvgIpc) is 2.39. The summed E-state index contributed by atoms with van der Waals surface area (Å²) in [5.74, 6) is -0.0953. The Morgan fingerprint density at radius 1 is 1.65 bits per heavy atom. The van der Waals surface area contributed by atoms with Gasteiger partial charge < -0.3 is 14.7 Å². The molecular weight excluding hydrogens is 223 g/mol. The number of pyridine rings is 1. The first-order valence-corrected chi connectivity index (χ1v) is 5.86. The number of morpholine rings is 1. The first-order valence-electron chi connectivity index (χ1n) is 5.86. The molecule has 1 aromatic heterocycles. The number of ether oxygens (including phenoxy) is 1. The second-order valence-electron chi connectivity index (χ2n) is 4.10. The molecule has 0 aliphatic carbocycles. The van der Waals surface area contributed by atoms with Crippen molar-refractivity contribution < 1.29 is 14.2 Å². The molecule has 2 rings (SSSR count). The van der Waals surface area contributed by atoms with E-state index in [1.54, 1.807) is 0 Å². The van der Waals surface area contributed by atoms with Crippen LogP contribution in [0.25, 0.3) is 0 Å². The summed E-state index contributed by atoms with van der Waals surface area (Å²) >= 11 is 0. The number of halogens is 1. The first kappa shape index (κ1) is 12.3. The van der Waals surface area contributed by atoms with E-state index in [-0.39, 0.29) is 18.2 Å². The van der Waals surface area contributed by atoms with Crippen molar-refractivity contribution in [3.05, 3.63) is 23.6 Å². The van der Waals surface area contributed by atoms with Crippen molar-refractivity contribution in [1.82, 2.24) is 4.98 Å². The lowest BCUT2D eigenvalue weighted by Gasteiger charge is -2.36. The van der Waals surface area contributed by atoms with Crippen molar-refractivity contribution >= 4 is 5.82 Å². The molecule has 1 aliphatic rings. The quantitative estimate of drug-likeness (QED) is 0.865. The molecule has 0 aromatic carbocycles.